The third-order valence-corrected chi connectivity index (χ3v) is 1.03. The molecule has 1 rings (SSSR count). The lowest BCUT2D eigenvalue weighted by molar-refractivity contribution is 0.110. The van der Waals surface area contributed by atoms with Crippen molar-refractivity contribution >= 4 is 6.29 Å². The van der Waals surface area contributed by atoms with Crippen molar-refractivity contribution in [2.24, 2.45) is 0 Å². The fourth-order valence-electron chi connectivity index (χ4n) is 0.579. The second kappa shape index (κ2) is 2.55. The van der Waals surface area contributed by atoms with Crippen LogP contribution in [0, 0.1) is 0 Å². The van der Waals surface area contributed by atoms with E-state index in [1.807, 2.05) is 0 Å². The zero-order valence-electron chi connectivity index (χ0n) is 4.84. The summed E-state index contributed by atoms with van der Waals surface area (Å²) in [6.45, 7) is 0. The van der Waals surface area contributed by atoms with E-state index in [-0.39, 0.29) is 5.56 Å². The highest BCUT2D eigenvalue weighted by molar-refractivity contribution is 5.75. The molecule has 0 bridgehead atoms. The summed E-state index contributed by atoms with van der Waals surface area (Å²) >= 11 is 0. The third-order valence-electron chi connectivity index (χ3n) is 1.03. The maximum Gasteiger partial charge on any atom is 0.282 e. The third kappa shape index (κ3) is 1.02. The summed E-state index contributed by atoms with van der Waals surface area (Å²) in [6.07, 6.45) is -1.22. The van der Waals surface area contributed by atoms with Gasteiger partial charge in [-0.3, -0.25) is 9.89 Å². The molecule has 1 heterocycles. The van der Waals surface area contributed by atoms with Gasteiger partial charge in [-0.25, -0.2) is 8.78 Å². The molecule has 0 amide bonds. The van der Waals surface area contributed by atoms with Gasteiger partial charge >= 0.3 is 0 Å². The number of carbonyl (C=O) groups is 1. The summed E-state index contributed by atoms with van der Waals surface area (Å²) in [5.41, 5.74) is -0.579. The predicted octanol–water partition coefficient (Wildman–Crippen LogP) is 1.16. The number of carbonyl (C=O) groups excluding carboxylic acids is 1. The lowest BCUT2D eigenvalue weighted by Gasteiger charge is -1.90. The maximum absolute atomic E-state index is 11.8. The first-order valence-electron chi connectivity index (χ1n) is 2.52. The van der Waals surface area contributed by atoms with Gasteiger partial charge in [0, 0.05) is 6.20 Å². The van der Waals surface area contributed by atoms with Gasteiger partial charge in [0.05, 0.1) is 5.56 Å². The number of aromatic amines is 1. The van der Waals surface area contributed by atoms with Gasteiger partial charge in [-0.05, 0) is 0 Å². The van der Waals surface area contributed by atoms with E-state index in [0.717, 1.165) is 6.20 Å². The van der Waals surface area contributed by atoms with Crippen LogP contribution in [0.2, 0.25) is 0 Å². The van der Waals surface area contributed by atoms with Crippen LogP contribution in [0.15, 0.2) is 6.20 Å². The number of nitrogens with zero attached hydrogens (tertiary/aromatic N) is 1. The van der Waals surface area contributed by atoms with E-state index in [9.17, 15) is 13.6 Å². The number of aldehydes is 1. The van der Waals surface area contributed by atoms with E-state index < -0.39 is 12.1 Å². The molecule has 10 heavy (non-hydrogen) atoms. The van der Waals surface area contributed by atoms with E-state index >= 15 is 0 Å². The largest absolute Gasteiger partial charge is 0.298 e. The molecule has 54 valence electrons. The van der Waals surface area contributed by atoms with Crippen LogP contribution in [-0.2, 0) is 0 Å². The number of alkyl halides is 2. The fraction of sp³-hybridized carbons (Fsp3) is 0.200. The molecule has 0 radical (unpaired) electrons. The van der Waals surface area contributed by atoms with Crippen LogP contribution in [0.5, 0.6) is 0 Å². The van der Waals surface area contributed by atoms with Crippen molar-refractivity contribution in [2.75, 3.05) is 0 Å². The van der Waals surface area contributed by atoms with Gasteiger partial charge in [-0.1, -0.05) is 0 Å². The van der Waals surface area contributed by atoms with E-state index in [0.29, 0.717) is 6.29 Å². The molecule has 0 spiro atoms. The van der Waals surface area contributed by atoms with Crippen LogP contribution < -0.4 is 0 Å². The first-order valence-corrected chi connectivity index (χ1v) is 2.52. The van der Waals surface area contributed by atoms with Crippen LogP contribution in [0.1, 0.15) is 22.5 Å². The van der Waals surface area contributed by atoms with Crippen molar-refractivity contribution in [2.45, 2.75) is 6.43 Å². The van der Waals surface area contributed by atoms with E-state index in [2.05, 4.69) is 10.2 Å². The summed E-state index contributed by atoms with van der Waals surface area (Å²) in [7, 11) is 0. The summed E-state index contributed by atoms with van der Waals surface area (Å²) in [5.74, 6) is 0. The van der Waals surface area contributed by atoms with E-state index in [1.165, 1.54) is 0 Å². The Hall–Kier alpha value is -1.26. The summed E-state index contributed by atoms with van der Waals surface area (Å²) < 4.78 is 23.6. The summed E-state index contributed by atoms with van der Waals surface area (Å²) in [4.78, 5) is 10.00. The molecular weight excluding hydrogens is 142 g/mol. The number of aromatic nitrogens is 2. The Kier molecular flexibility index (Phi) is 1.75. The minimum absolute atomic E-state index is 0.0880. The van der Waals surface area contributed by atoms with Crippen molar-refractivity contribution in [3.8, 4) is 0 Å². The van der Waals surface area contributed by atoms with Gasteiger partial charge in [0.25, 0.3) is 6.43 Å². The van der Waals surface area contributed by atoms with Crippen molar-refractivity contribution in [3.05, 3.63) is 17.5 Å². The van der Waals surface area contributed by atoms with Gasteiger partial charge in [0.1, 0.15) is 5.69 Å². The molecule has 0 atom stereocenters. The Bertz CT molecular complexity index is 233. The van der Waals surface area contributed by atoms with Crippen LogP contribution in [0.3, 0.4) is 0 Å². The topological polar surface area (TPSA) is 45.8 Å². The fourth-order valence-corrected chi connectivity index (χ4v) is 0.579. The molecule has 0 unspecified atom stereocenters. The van der Waals surface area contributed by atoms with Gasteiger partial charge in [-0.15, -0.1) is 0 Å². The Morgan fingerprint density at radius 2 is 2.40 bits per heavy atom. The first kappa shape index (κ1) is 6.85. The minimum Gasteiger partial charge on any atom is -0.298 e. The van der Waals surface area contributed by atoms with Crippen molar-refractivity contribution in [3.63, 3.8) is 0 Å². The lowest BCUT2D eigenvalue weighted by atomic mass is 10.3. The molecule has 1 N–H and O–H groups in total. The quantitative estimate of drug-likeness (QED) is 0.636. The van der Waals surface area contributed by atoms with Crippen molar-refractivity contribution in [1.29, 1.82) is 0 Å². The van der Waals surface area contributed by atoms with Crippen LogP contribution in [-0.4, -0.2) is 16.5 Å². The molecule has 0 saturated heterocycles. The molecule has 1 aromatic heterocycles. The monoisotopic (exact) mass is 146 g/mol. The highest BCUT2D eigenvalue weighted by atomic mass is 19.3. The van der Waals surface area contributed by atoms with Crippen LogP contribution >= 0.6 is 0 Å². The minimum atomic E-state index is -2.69. The zero-order chi connectivity index (χ0) is 7.56. The first-order chi connectivity index (χ1) is 4.75. The normalized spacial score (nSPS) is 10.3. The van der Waals surface area contributed by atoms with Crippen molar-refractivity contribution < 1.29 is 13.6 Å². The molecule has 0 aromatic carbocycles. The number of hydrogen-bond donors (Lipinski definition) is 1. The molecule has 1 aromatic rings. The van der Waals surface area contributed by atoms with Crippen LogP contribution in [0.4, 0.5) is 8.78 Å². The number of H-pyrrole nitrogens is 1. The predicted molar refractivity (Wildman–Crippen MR) is 28.9 cm³/mol. The van der Waals surface area contributed by atoms with Gasteiger partial charge in [0.2, 0.25) is 0 Å². The summed E-state index contributed by atoms with van der Waals surface area (Å²) in [5, 5.41) is 5.35. The Labute approximate surface area is 55.1 Å². The van der Waals surface area contributed by atoms with Gasteiger partial charge < -0.3 is 0 Å². The number of hydrogen-bond acceptors (Lipinski definition) is 2. The molecule has 0 fully saturated rings. The van der Waals surface area contributed by atoms with Gasteiger partial charge in [-0.2, -0.15) is 5.10 Å². The van der Waals surface area contributed by atoms with Gasteiger partial charge in [0.15, 0.2) is 6.29 Å². The molecule has 0 aliphatic rings. The number of halogens is 2. The molecule has 5 heteroatoms. The second-order valence-electron chi connectivity index (χ2n) is 1.64. The lowest BCUT2D eigenvalue weighted by Crippen LogP contribution is -1.89. The maximum atomic E-state index is 11.8. The number of rotatable bonds is 2. The molecular formula is C5H4F2N2O. The molecule has 3 nitrogen and oxygen atoms in total. The van der Waals surface area contributed by atoms with E-state index in [1.54, 1.807) is 0 Å². The SMILES string of the molecule is O=Cc1c[nH]nc1C(F)F. The smallest absolute Gasteiger partial charge is 0.282 e. The second-order valence-corrected chi connectivity index (χ2v) is 1.64. The zero-order valence-corrected chi connectivity index (χ0v) is 4.84. The standard InChI is InChI=1S/C5H4F2N2O/c6-5(7)4-3(2-10)1-8-9-4/h1-2,5H,(H,8,9). The summed E-state index contributed by atoms with van der Waals surface area (Å²) in [6, 6.07) is 0. The average Bonchev–Trinajstić information content (AvgIpc) is 2.33. The Morgan fingerprint density at radius 1 is 1.70 bits per heavy atom. The number of nitrogens with one attached hydrogen (secondary N) is 1. The van der Waals surface area contributed by atoms with Crippen LogP contribution in [0.25, 0.3) is 0 Å². The Balaban J connectivity index is 3.01. The van der Waals surface area contributed by atoms with E-state index in [4.69, 9.17) is 0 Å². The highest BCUT2D eigenvalue weighted by Gasteiger charge is 2.14. The highest BCUT2D eigenvalue weighted by Crippen LogP contribution is 2.17. The average molecular weight is 146 g/mol. The Morgan fingerprint density at radius 3 is 2.80 bits per heavy atom. The molecule has 0 aliphatic heterocycles. The van der Waals surface area contributed by atoms with Crippen molar-refractivity contribution in [1.82, 2.24) is 10.2 Å². The molecule has 0 saturated carbocycles. The molecule has 0 aliphatic carbocycles.